The molecular formula is C24H29N5. The number of anilines is 1. The van der Waals surface area contributed by atoms with Gasteiger partial charge in [0.2, 0.25) is 0 Å². The van der Waals surface area contributed by atoms with Gasteiger partial charge in [0.25, 0.3) is 0 Å². The molecule has 0 saturated carbocycles. The van der Waals surface area contributed by atoms with Crippen LogP contribution in [-0.2, 0) is 13.0 Å². The second kappa shape index (κ2) is 8.86. The fourth-order valence-corrected chi connectivity index (χ4v) is 3.78. The molecule has 150 valence electrons. The maximum absolute atomic E-state index is 4.36. The molecular weight excluding hydrogens is 358 g/mol. The number of aliphatic imine (C=N–C) groups is 1. The number of benzene rings is 2. The van der Waals surface area contributed by atoms with E-state index in [1.54, 1.807) is 0 Å². The number of nitrogens with zero attached hydrogens (tertiary/aromatic N) is 2. The van der Waals surface area contributed by atoms with Crippen LogP contribution in [0.4, 0.5) is 5.69 Å². The van der Waals surface area contributed by atoms with E-state index in [1.807, 2.05) is 7.05 Å². The van der Waals surface area contributed by atoms with Crippen LogP contribution in [0.1, 0.15) is 16.7 Å². The smallest absolute Gasteiger partial charge is 0.191 e. The summed E-state index contributed by atoms with van der Waals surface area (Å²) in [5.74, 6) is 0.828. The summed E-state index contributed by atoms with van der Waals surface area (Å²) in [5, 5.41) is 8.15. The molecule has 3 N–H and O–H groups in total. The molecule has 0 spiro atoms. The van der Waals surface area contributed by atoms with Gasteiger partial charge in [0.05, 0.1) is 0 Å². The molecule has 0 atom stereocenters. The standard InChI is InChI=1S/C24H29N5/c1-18-8-9-22-20(17-27-23(22)14-18)10-11-26-24(25-2)28-16-19-6-5-7-21(15-19)29-12-3-4-13-29/h3-9,14-15,17,27H,10-13,16H2,1-2H3,(H2,25,26,28). The lowest BCUT2D eigenvalue weighted by Crippen LogP contribution is -2.37. The zero-order valence-corrected chi connectivity index (χ0v) is 17.2. The average Bonchev–Trinajstić information content (AvgIpc) is 3.41. The van der Waals surface area contributed by atoms with Crippen molar-refractivity contribution in [2.75, 3.05) is 31.6 Å². The number of nitrogens with one attached hydrogen (secondary N) is 3. The molecule has 0 aliphatic carbocycles. The van der Waals surface area contributed by atoms with Crippen molar-refractivity contribution in [2.45, 2.75) is 19.9 Å². The third kappa shape index (κ3) is 4.62. The van der Waals surface area contributed by atoms with Gasteiger partial charge < -0.3 is 20.5 Å². The number of aromatic nitrogens is 1. The summed E-state index contributed by atoms with van der Waals surface area (Å²) in [6, 6.07) is 15.3. The highest BCUT2D eigenvalue weighted by Gasteiger charge is 2.08. The van der Waals surface area contributed by atoms with Gasteiger partial charge in [-0.05, 0) is 48.2 Å². The monoisotopic (exact) mass is 387 g/mol. The molecule has 4 rings (SSSR count). The number of H-pyrrole nitrogens is 1. The minimum absolute atomic E-state index is 0.751. The molecule has 0 unspecified atom stereocenters. The molecule has 29 heavy (non-hydrogen) atoms. The Labute approximate surface area is 172 Å². The number of hydrogen-bond donors (Lipinski definition) is 3. The lowest BCUT2D eigenvalue weighted by Gasteiger charge is -2.19. The van der Waals surface area contributed by atoms with E-state index in [0.29, 0.717) is 0 Å². The Morgan fingerprint density at radius 1 is 1.10 bits per heavy atom. The van der Waals surface area contributed by atoms with Crippen molar-refractivity contribution in [1.29, 1.82) is 0 Å². The summed E-state index contributed by atoms with van der Waals surface area (Å²) in [6.45, 7) is 5.69. The molecule has 3 aromatic rings. The second-order valence-corrected chi connectivity index (χ2v) is 7.51. The minimum atomic E-state index is 0.751. The fourth-order valence-electron chi connectivity index (χ4n) is 3.78. The zero-order valence-electron chi connectivity index (χ0n) is 17.2. The zero-order chi connectivity index (χ0) is 20.1. The van der Waals surface area contributed by atoms with E-state index in [2.05, 4.69) is 93.2 Å². The van der Waals surface area contributed by atoms with Crippen molar-refractivity contribution < 1.29 is 0 Å². The van der Waals surface area contributed by atoms with Crippen LogP contribution < -0.4 is 15.5 Å². The summed E-state index contributed by atoms with van der Waals surface area (Å²) in [4.78, 5) is 10.1. The van der Waals surface area contributed by atoms with E-state index in [4.69, 9.17) is 0 Å². The Balaban J connectivity index is 1.29. The highest BCUT2D eigenvalue weighted by atomic mass is 15.2. The molecule has 0 saturated heterocycles. The molecule has 2 aromatic carbocycles. The lowest BCUT2D eigenvalue weighted by molar-refractivity contribution is 0.796. The van der Waals surface area contributed by atoms with Crippen molar-refractivity contribution in [3.63, 3.8) is 0 Å². The van der Waals surface area contributed by atoms with Gasteiger partial charge in [-0.15, -0.1) is 0 Å². The molecule has 5 heteroatoms. The van der Waals surface area contributed by atoms with Gasteiger partial charge in [-0.3, -0.25) is 4.99 Å². The second-order valence-electron chi connectivity index (χ2n) is 7.51. The quantitative estimate of drug-likeness (QED) is 0.343. The van der Waals surface area contributed by atoms with Gasteiger partial charge in [0.1, 0.15) is 0 Å². The van der Waals surface area contributed by atoms with Gasteiger partial charge in [0, 0.05) is 56.0 Å². The maximum Gasteiger partial charge on any atom is 0.191 e. The van der Waals surface area contributed by atoms with Crippen LogP contribution in [0.25, 0.3) is 10.9 Å². The SMILES string of the molecule is CN=C(NCCc1c[nH]c2cc(C)ccc12)NCc1cccc(N2CC=CC2)c1. The first-order valence-corrected chi connectivity index (χ1v) is 10.2. The highest BCUT2D eigenvalue weighted by Crippen LogP contribution is 2.20. The van der Waals surface area contributed by atoms with E-state index in [9.17, 15) is 0 Å². The van der Waals surface area contributed by atoms with Crippen LogP contribution in [-0.4, -0.2) is 37.6 Å². The van der Waals surface area contributed by atoms with E-state index in [-0.39, 0.29) is 0 Å². The number of fused-ring (bicyclic) bond motifs is 1. The van der Waals surface area contributed by atoms with Gasteiger partial charge in [0.15, 0.2) is 5.96 Å². The van der Waals surface area contributed by atoms with Crippen molar-refractivity contribution in [2.24, 2.45) is 4.99 Å². The van der Waals surface area contributed by atoms with Crippen molar-refractivity contribution in [1.82, 2.24) is 15.6 Å². The fraction of sp³-hybridized carbons (Fsp3) is 0.292. The number of aryl methyl sites for hydroxylation is 1. The third-order valence-corrected chi connectivity index (χ3v) is 5.39. The Kier molecular flexibility index (Phi) is 5.84. The molecule has 1 aromatic heterocycles. The van der Waals surface area contributed by atoms with E-state index in [1.165, 1.54) is 33.3 Å². The van der Waals surface area contributed by atoms with Gasteiger partial charge in [-0.2, -0.15) is 0 Å². The summed E-state index contributed by atoms with van der Waals surface area (Å²) in [6.07, 6.45) is 7.49. The largest absolute Gasteiger partial charge is 0.364 e. The Morgan fingerprint density at radius 2 is 1.97 bits per heavy atom. The van der Waals surface area contributed by atoms with Gasteiger partial charge in [-0.25, -0.2) is 0 Å². The number of guanidine groups is 1. The van der Waals surface area contributed by atoms with Crippen molar-refractivity contribution in [3.05, 3.63) is 77.5 Å². The highest BCUT2D eigenvalue weighted by molar-refractivity contribution is 5.84. The first-order valence-electron chi connectivity index (χ1n) is 10.2. The number of aromatic amines is 1. The van der Waals surface area contributed by atoms with Crippen LogP contribution in [0.15, 0.2) is 65.8 Å². The minimum Gasteiger partial charge on any atom is -0.364 e. The topological polar surface area (TPSA) is 55.5 Å². The average molecular weight is 388 g/mol. The van der Waals surface area contributed by atoms with Crippen LogP contribution in [0.5, 0.6) is 0 Å². The Bertz CT molecular complexity index is 1020. The van der Waals surface area contributed by atoms with Crippen LogP contribution >= 0.6 is 0 Å². The predicted octanol–water partition coefficient (Wildman–Crippen LogP) is 3.76. The molecule has 1 aliphatic rings. The van der Waals surface area contributed by atoms with Gasteiger partial charge in [-0.1, -0.05) is 36.4 Å². The van der Waals surface area contributed by atoms with Crippen molar-refractivity contribution >= 4 is 22.5 Å². The number of hydrogen-bond acceptors (Lipinski definition) is 2. The molecule has 0 bridgehead atoms. The third-order valence-electron chi connectivity index (χ3n) is 5.39. The Morgan fingerprint density at radius 3 is 2.79 bits per heavy atom. The molecule has 0 amide bonds. The van der Waals surface area contributed by atoms with E-state index < -0.39 is 0 Å². The summed E-state index contributed by atoms with van der Waals surface area (Å²) in [5.41, 5.74) is 6.33. The maximum atomic E-state index is 4.36. The van der Waals surface area contributed by atoms with Crippen LogP contribution in [0, 0.1) is 6.92 Å². The summed E-state index contributed by atoms with van der Waals surface area (Å²) < 4.78 is 0. The molecule has 0 radical (unpaired) electrons. The lowest BCUT2D eigenvalue weighted by atomic mass is 10.1. The molecule has 2 heterocycles. The van der Waals surface area contributed by atoms with Crippen LogP contribution in [0.2, 0.25) is 0 Å². The molecule has 5 nitrogen and oxygen atoms in total. The predicted molar refractivity (Wildman–Crippen MR) is 123 cm³/mol. The van der Waals surface area contributed by atoms with Crippen LogP contribution in [0.3, 0.4) is 0 Å². The molecule has 1 aliphatic heterocycles. The normalized spacial score (nSPS) is 14.0. The number of rotatable bonds is 6. The molecule has 0 fully saturated rings. The van der Waals surface area contributed by atoms with Gasteiger partial charge >= 0.3 is 0 Å². The first kappa shape index (κ1) is 19.1. The van der Waals surface area contributed by atoms with E-state index >= 15 is 0 Å². The Hall–Kier alpha value is -3.21. The van der Waals surface area contributed by atoms with E-state index in [0.717, 1.165) is 38.6 Å². The first-order chi connectivity index (χ1) is 14.2. The summed E-state index contributed by atoms with van der Waals surface area (Å²) in [7, 11) is 1.82. The van der Waals surface area contributed by atoms with Crippen molar-refractivity contribution in [3.8, 4) is 0 Å². The summed E-state index contributed by atoms with van der Waals surface area (Å²) >= 11 is 0.